The normalized spacial score (nSPS) is 19.5. The first-order valence-corrected chi connectivity index (χ1v) is 8.26. The molecule has 2 rings (SSSR count). The molecular weight excluding hydrogens is 256 g/mol. The lowest BCUT2D eigenvalue weighted by Crippen LogP contribution is -2.18. The summed E-state index contributed by atoms with van der Waals surface area (Å²) >= 11 is 1.89. The number of nitrogens with one attached hydrogen (secondary N) is 1. The van der Waals surface area contributed by atoms with Gasteiger partial charge in [0.25, 0.3) is 0 Å². The van der Waals surface area contributed by atoms with Gasteiger partial charge in [-0.3, -0.25) is 0 Å². The number of ether oxygens (including phenoxy) is 1. The van der Waals surface area contributed by atoms with E-state index < -0.39 is 0 Å². The number of aromatic nitrogens is 1. The highest BCUT2D eigenvalue weighted by molar-refractivity contribution is 7.11. The summed E-state index contributed by atoms with van der Waals surface area (Å²) in [6.45, 7) is 10.6. The maximum absolute atomic E-state index is 5.45. The van der Waals surface area contributed by atoms with E-state index in [4.69, 9.17) is 9.72 Å². The van der Waals surface area contributed by atoms with E-state index in [1.807, 2.05) is 11.3 Å². The Labute approximate surface area is 120 Å². The second kappa shape index (κ2) is 7.36. The molecule has 2 heterocycles. The van der Waals surface area contributed by atoms with Gasteiger partial charge in [-0.05, 0) is 31.2 Å². The van der Waals surface area contributed by atoms with Gasteiger partial charge in [0.15, 0.2) is 0 Å². The number of nitrogens with zero attached hydrogens (tertiary/aromatic N) is 1. The summed E-state index contributed by atoms with van der Waals surface area (Å²) in [7, 11) is 0. The SMILES string of the molecule is CCc1nc(CC2CCOC2)sc1CNCC(C)C. The molecule has 0 amide bonds. The van der Waals surface area contributed by atoms with Gasteiger partial charge in [-0.15, -0.1) is 11.3 Å². The van der Waals surface area contributed by atoms with Gasteiger partial charge in [-0.1, -0.05) is 20.8 Å². The van der Waals surface area contributed by atoms with Crippen LogP contribution >= 0.6 is 11.3 Å². The summed E-state index contributed by atoms with van der Waals surface area (Å²) in [5, 5.41) is 4.83. The predicted molar refractivity (Wildman–Crippen MR) is 80.7 cm³/mol. The van der Waals surface area contributed by atoms with Crippen LogP contribution < -0.4 is 5.32 Å². The Balaban J connectivity index is 1.91. The minimum Gasteiger partial charge on any atom is -0.381 e. The summed E-state index contributed by atoms with van der Waals surface area (Å²) in [6.07, 6.45) is 3.33. The highest BCUT2D eigenvalue weighted by Gasteiger charge is 2.19. The van der Waals surface area contributed by atoms with Crippen LogP contribution in [0.25, 0.3) is 0 Å². The average Bonchev–Trinajstić information content (AvgIpc) is 2.99. The zero-order valence-electron chi connectivity index (χ0n) is 12.4. The molecule has 19 heavy (non-hydrogen) atoms. The number of hydrogen-bond donors (Lipinski definition) is 1. The Morgan fingerprint density at radius 2 is 2.32 bits per heavy atom. The molecule has 4 heteroatoms. The van der Waals surface area contributed by atoms with Crippen LogP contribution in [0.2, 0.25) is 0 Å². The van der Waals surface area contributed by atoms with Gasteiger partial charge in [0.1, 0.15) is 0 Å². The molecule has 0 spiro atoms. The van der Waals surface area contributed by atoms with Crippen molar-refractivity contribution < 1.29 is 4.74 Å². The number of hydrogen-bond acceptors (Lipinski definition) is 4. The maximum atomic E-state index is 5.45. The first-order chi connectivity index (χ1) is 9.19. The number of aryl methyl sites for hydroxylation is 1. The van der Waals surface area contributed by atoms with Crippen LogP contribution in [0, 0.1) is 11.8 Å². The number of thiazole rings is 1. The molecule has 1 aliphatic rings. The summed E-state index contributed by atoms with van der Waals surface area (Å²) in [5.74, 6) is 1.39. The lowest BCUT2D eigenvalue weighted by molar-refractivity contribution is 0.186. The van der Waals surface area contributed by atoms with E-state index in [2.05, 4.69) is 26.1 Å². The van der Waals surface area contributed by atoms with Crippen LogP contribution in [-0.4, -0.2) is 24.7 Å². The van der Waals surface area contributed by atoms with E-state index in [0.717, 1.165) is 39.1 Å². The fourth-order valence-corrected chi connectivity index (χ4v) is 3.65. The van der Waals surface area contributed by atoms with E-state index in [9.17, 15) is 0 Å². The molecule has 1 N–H and O–H groups in total. The molecule has 1 aromatic rings. The van der Waals surface area contributed by atoms with Crippen LogP contribution in [-0.2, 0) is 24.1 Å². The standard InChI is InChI=1S/C15H26N2OS/c1-4-13-14(9-16-8-11(2)3)19-15(17-13)7-12-5-6-18-10-12/h11-12,16H,4-10H2,1-3H3. The topological polar surface area (TPSA) is 34.1 Å². The Morgan fingerprint density at radius 1 is 1.47 bits per heavy atom. The zero-order valence-corrected chi connectivity index (χ0v) is 13.2. The summed E-state index contributed by atoms with van der Waals surface area (Å²) in [5.41, 5.74) is 1.29. The van der Waals surface area contributed by atoms with E-state index in [-0.39, 0.29) is 0 Å². The van der Waals surface area contributed by atoms with Gasteiger partial charge in [0.2, 0.25) is 0 Å². The molecule has 0 aromatic carbocycles. The lowest BCUT2D eigenvalue weighted by atomic mass is 10.1. The molecular formula is C15H26N2OS. The van der Waals surface area contributed by atoms with E-state index in [0.29, 0.717) is 11.8 Å². The first-order valence-electron chi connectivity index (χ1n) is 7.45. The van der Waals surface area contributed by atoms with Gasteiger partial charge in [0.05, 0.1) is 10.7 Å². The largest absolute Gasteiger partial charge is 0.381 e. The molecule has 1 atom stereocenters. The highest BCUT2D eigenvalue weighted by atomic mass is 32.1. The lowest BCUT2D eigenvalue weighted by Gasteiger charge is -2.06. The fraction of sp³-hybridized carbons (Fsp3) is 0.800. The molecule has 0 bridgehead atoms. The van der Waals surface area contributed by atoms with Crippen molar-refractivity contribution in [3.05, 3.63) is 15.6 Å². The Hall–Kier alpha value is -0.450. The van der Waals surface area contributed by atoms with Crippen molar-refractivity contribution in [2.75, 3.05) is 19.8 Å². The highest BCUT2D eigenvalue weighted by Crippen LogP contribution is 2.24. The van der Waals surface area contributed by atoms with Crippen LogP contribution in [0.1, 0.15) is 42.8 Å². The van der Waals surface area contributed by atoms with Gasteiger partial charge in [0, 0.05) is 31.1 Å². The molecule has 3 nitrogen and oxygen atoms in total. The molecule has 0 saturated carbocycles. The Morgan fingerprint density at radius 3 is 2.95 bits per heavy atom. The summed E-state index contributed by atoms with van der Waals surface area (Å²) < 4.78 is 5.45. The fourth-order valence-electron chi connectivity index (χ4n) is 2.40. The van der Waals surface area contributed by atoms with Gasteiger partial charge >= 0.3 is 0 Å². The Kier molecular flexibility index (Phi) is 5.79. The molecule has 1 unspecified atom stereocenters. The van der Waals surface area contributed by atoms with Gasteiger partial charge in [-0.25, -0.2) is 4.98 Å². The van der Waals surface area contributed by atoms with Gasteiger partial charge < -0.3 is 10.1 Å². The van der Waals surface area contributed by atoms with Crippen molar-refractivity contribution in [3.8, 4) is 0 Å². The molecule has 108 valence electrons. The van der Waals surface area contributed by atoms with Crippen molar-refractivity contribution in [1.82, 2.24) is 10.3 Å². The van der Waals surface area contributed by atoms with Crippen molar-refractivity contribution in [3.63, 3.8) is 0 Å². The van der Waals surface area contributed by atoms with Gasteiger partial charge in [-0.2, -0.15) is 0 Å². The van der Waals surface area contributed by atoms with Crippen LogP contribution in [0.3, 0.4) is 0 Å². The minimum absolute atomic E-state index is 0.687. The molecule has 0 radical (unpaired) electrons. The molecule has 1 aliphatic heterocycles. The van der Waals surface area contributed by atoms with Crippen LogP contribution in [0.5, 0.6) is 0 Å². The average molecular weight is 282 g/mol. The minimum atomic E-state index is 0.687. The van der Waals surface area contributed by atoms with Crippen molar-refractivity contribution in [2.24, 2.45) is 11.8 Å². The van der Waals surface area contributed by atoms with Crippen molar-refractivity contribution in [1.29, 1.82) is 0 Å². The second-order valence-electron chi connectivity index (χ2n) is 5.79. The van der Waals surface area contributed by atoms with Crippen LogP contribution in [0.15, 0.2) is 0 Å². The Bertz CT molecular complexity index is 383. The molecule has 1 fully saturated rings. The third-order valence-corrected chi connectivity index (χ3v) is 4.60. The van der Waals surface area contributed by atoms with E-state index in [1.165, 1.54) is 22.0 Å². The molecule has 0 aliphatic carbocycles. The maximum Gasteiger partial charge on any atom is 0.0935 e. The smallest absolute Gasteiger partial charge is 0.0935 e. The molecule has 1 aromatic heterocycles. The number of rotatable bonds is 7. The van der Waals surface area contributed by atoms with Crippen LogP contribution in [0.4, 0.5) is 0 Å². The molecule has 1 saturated heterocycles. The second-order valence-corrected chi connectivity index (χ2v) is 6.96. The monoisotopic (exact) mass is 282 g/mol. The van der Waals surface area contributed by atoms with E-state index in [1.54, 1.807) is 0 Å². The predicted octanol–water partition coefficient (Wildman–Crippen LogP) is 3.03. The zero-order chi connectivity index (χ0) is 13.7. The van der Waals surface area contributed by atoms with Crippen molar-refractivity contribution >= 4 is 11.3 Å². The van der Waals surface area contributed by atoms with E-state index >= 15 is 0 Å². The first kappa shape index (κ1) is 14.9. The third-order valence-electron chi connectivity index (χ3n) is 3.48. The summed E-state index contributed by atoms with van der Waals surface area (Å²) in [6, 6.07) is 0. The summed E-state index contributed by atoms with van der Waals surface area (Å²) in [4.78, 5) is 6.24. The van der Waals surface area contributed by atoms with Crippen molar-refractivity contribution in [2.45, 2.75) is 46.6 Å². The quantitative estimate of drug-likeness (QED) is 0.834. The third kappa shape index (κ3) is 4.55.